The molecule has 0 amide bonds. The third-order valence-corrected chi connectivity index (χ3v) is 3.85. The van der Waals surface area contributed by atoms with E-state index in [1.54, 1.807) is 18.2 Å². The SMILES string of the molecule is CN1C(C(=O)CO)=CC(c2ccccn2)=NS1(=O)=O. The minimum absolute atomic E-state index is 0.0653. The number of rotatable bonds is 3. The lowest BCUT2D eigenvalue weighted by Crippen LogP contribution is -2.34. The molecule has 1 aromatic rings. The van der Waals surface area contributed by atoms with Gasteiger partial charge < -0.3 is 5.11 Å². The van der Waals surface area contributed by atoms with E-state index in [9.17, 15) is 13.2 Å². The number of pyridine rings is 1. The normalized spacial score (nSPS) is 17.7. The number of aliphatic hydroxyl groups is 1. The second-order valence-electron chi connectivity index (χ2n) is 3.75. The molecule has 0 radical (unpaired) electrons. The van der Waals surface area contributed by atoms with Crippen molar-refractivity contribution in [3.63, 3.8) is 0 Å². The first-order valence-corrected chi connectivity index (χ1v) is 6.71. The molecule has 1 aliphatic heterocycles. The Labute approximate surface area is 110 Å². The maximum Gasteiger partial charge on any atom is 0.345 e. The van der Waals surface area contributed by atoms with Crippen LogP contribution in [0.3, 0.4) is 0 Å². The van der Waals surface area contributed by atoms with Crippen molar-refractivity contribution in [2.45, 2.75) is 0 Å². The lowest BCUT2D eigenvalue weighted by molar-refractivity contribution is -0.119. The van der Waals surface area contributed by atoms with Gasteiger partial charge in [-0.25, -0.2) is 0 Å². The van der Waals surface area contributed by atoms with Crippen molar-refractivity contribution in [2.75, 3.05) is 13.7 Å². The second kappa shape index (κ2) is 4.90. The van der Waals surface area contributed by atoms with Crippen LogP contribution in [0.15, 0.2) is 40.6 Å². The number of allylic oxidation sites excluding steroid dienone is 1. The van der Waals surface area contributed by atoms with E-state index in [-0.39, 0.29) is 11.4 Å². The molecule has 0 atom stereocenters. The summed E-state index contributed by atoms with van der Waals surface area (Å²) in [5, 5.41) is 8.86. The molecule has 2 rings (SSSR count). The van der Waals surface area contributed by atoms with Crippen LogP contribution in [-0.4, -0.2) is 48.0 Å². The zero-order valence-electron chi connectivity index (χ0n) is 10.0. The standard InChI is InChI=1S/C11H11N3O4S/c1-14-10(11(16)7-15)6-9(13-19(14,17)18)8-4-2-3-5-12-8/h2-6,15H,7H2,1H3. The molecule has 1 N–H and O–H groups in total. The number of Topliss-reactive ketones (excluding diaryl/α,β-unsaturated/α-hetero) is 1. The first-order valence-electron chi connectivity index (χ1n) is 5.31. The maximum atomic E-state index is 11.8. The van der Waals surface area contributed by atoms with Gasteiger partial charge in [0.25, 0.3) is 0 Å². The highest BCUT2D eigenvalue weighted by atomic mass is 32.2. The summed E-state index contributed by atoms with van der Waals surface area (Å²) in [6, 6.07) is 4.94. The molecule has 19 heavy (non-hydrogen) atoms. The molecule has 100 valence electrons. The molecular formula is C11H11N3O4S. The number of hydrogen-bond acceptors (Lipinski definition) is 5. The lowest BCUT2D eigenvalue weighted by Gasteiger charge is -2.22. The van der Waals surface area contributed by atoms with E-state index >= 15 is 0 Å². The highest BCUT2D eigenvalue weighted by Gasteiger charge is 2.29. The van der Waals surface area contributed by atoms with Gasteiger partial charge in [0.15, 0.2) is 0 Å². The third kappa shape index (κ3) is 2.54. The van der Waals surface area contributed by atoms with Gasteiger partial charge in [0.05, 0.1) is 5.69 Å². The summed E-state index contributed by atoms with van der Waals surface area (Å²) >= 11 is 0. The van der Waals surface area contributed by atoms with Crippen LogP contribution in [0.1, 0.15) is 5.69 Å². The van der Waals surface area contributed by atoms with Crippen molar-refractivity contribution in [1.82, 2.24) is 9.29 Å². The molecular weight excluding hydrogens is 270 g/mol. The predicted molar refractivity (Wildman–Crippen MR) is 67.6 cm³/mol. The molecule has 0 aliphatic carbocycles. The minimum atomic E-state index is -3.98. The number of nitrogens with zero attached hydrogens (tertiary/aromatic N) is 3. The van der Waals surface area contributed by atoms with Crippen molar-refractivity contribution < 1.29 is 18.3 Å². The van der Waals surface area contributed by atoms with Crippen molar-refractivity contribution in [2.24, 2.45) is 4.40 Å². The van der Waals surface area contributed by atoms with Gasteiger partial charge in [-0.05, 0) is 18.2 Å². The van der Waals surface area contributed by atoms with Gasteiger partial charge >= 0.3 is 10.2 Å². The molecule has 0 fully saturated rings. The number of carbonyl (C=O) groups is 1. The summed E-state index contributed by atoms with van der Waals surface area (Å²) < 4.78 is 28.0. The van der Waals surface area contributed by atoms with E-state index in [1.165, 1.54) is 19.3 Å². The van der Waals surface area contributed by atoms with Crippen molar-refractivity contribution in [1.29, 1.82) is 0 Å². The quantitative estimate of drug-likeness (QED) is 0.805. The fraction of sp³-hybridized carbons (Fsp3) is 0.182. The average Bonchev–Trinajstić information content (AvgIpc) is 2.41. The fourth-order valence-corrected chi connectivity index (χ4v) is 2.45. The number of likely N-dealkylation sites (N-methyl/N-ethyl adjacent to an activating group) is 1. The van der Waals surface area contributed by atoms with Crippen LogP contribution in [0.4, 0.5) is 0 Å². The van der Waals surface area contributed by atoms with Crippen LogP contribution in [0, 0.1) is 0 Å². The van der Waals surface area contributed by atoms with Gasteiger partial charge in [0.2, 0.25) is 5.78 Å². The van der Waals surface area contributed by atoms with E-state index < -0.39 is 22.6 Å². The first-order chi connectivity index (χ1) is 8.95. The molecule has 7 nitrogen and oxygen atoms in total. The molecule has 0 saturated heterocycles. The Kier molecular flexibility index (Phi) is 3.45. The Hall–Kier alpha value is -2.06. The van der Waals surface area contributed by atoms with Crippen LogP contribution in [0.25, 0.3) is 0 Å². The monoisotopic (exact) mass is 281 g/mol. The van der Waals surface area contributed by atoms with Gasteiger partial charge in [0.1, 0.15) is 18.0 Å². The van der Waals surface area contributed by atoms with Crippen LogP contribution >= 0.6 is 0 Å². The molecule has 0 unspecified atom stereocenters. The van der Waals surface area contributed by atoms with Gasteiger partial charge in [-0.2, -0.15) is 8.42 Å². The molecule has 2 heterocycles. The Balaban J connectivity index is 2.56. The summed E-state index contributed by atoms with van der Waals surface area (Å²) in [7, 11) is -2.78. The number of ketones is 1. The van der Waals surface area contributed by atoms with Crippen LogP contribution < -0.4 is 0 Å². The van der Waals surface area contributed by atoms with Gasteiger partial charge in [0, 0.05) is 13.2 Å². The smallest absolute Gasteiger partial charge is 0.345 e. The van der Waals surface area contributed by atoms with Crippen molar-refractivity contribution in [3.8, 4) is 0 Å². The molecule has 0 saturated carbocycles. The van der Waals surface area contributed by atoms with Gasteiger partial charge in [-0.15, -0.1) is 4.40 Å². The maximum absolute atomic E-state index is 11.8. The van der Waals surface area contributed by atoms with E-state index in [0.717, 1.165) is 4.31 Å². The summed E-state index contributed by atoms with van der Waals surface area (Å²) in [4.78, 5) is 15.5. The van der Waals surface area contributed by atoms with E-state index in [1.807, 2.05) is 0 Å². The fourth-order valence-electron chi connectivity index (χ4n) is 1.53. The van der Waals surface area contributed by atoms with Crippen LogP contribution in [0.2, 0.25) is 0 Å². The number of aliphatic hydroxyl groups excluding tert-OH is 1. The average molecular weight is 281 g/mol. The van der Waals surface area contributed by atoms with E-state index in [0.29, 0.717) is 5.69 Å². The lowest BCUT2D eigenvalue weighted by atomic mass is 10.1. The van der Waals surface area contributed by atoms with Crippen molar-refractivity contribution in [3.05, 3.63) is 41.9 Å². The Morgan fingerprint density at radius 3 is 2.74 bits per heavy atom. The molecule has 0 bridgehead atoms. The van der Waals surface area contributed by atoms with Crippen LogP contribution in [0.5, 0.6) is 0 Å². The minimum Gasteiger partial charge on any atom is -0.388 e. The summed E-state index contributed by atoms with van der Waals surface area (Å²) in [6.07, 6.45) is 2.78. The topological polar surface area (TPSA) is 99.9 Å². The van der Waals surface area contributed by atoms with Gasteiger partial charge in [-0.1, -0.05) is 6.07 Å². The van der Waals surface area contributed by atoms with E-state index in [4.69, 9.17) is 5.11 Å². The highest BCUT2D eigenvalue weighted by Crippen LogP contribution is 2.19. The Morgan fingerprint density at radius 1 is 1.42 bits per heavy atom. The first kappa shape index (κ1) is 13.4. The molecule has 1 aliphatic rings. The Morgan fingerprint density at radius 2 is 2.16 bits per heavy atom. The van der Waals surface area contributed by atoms with Crippen molar-refractivity contribution >= 4 is 21.7 Å². The van der Waals surface area contributed by atoms with E-state index in [2.05, 4.69) is 9.38 Å². The molecule has 0 spiro atoms. The Bertz CT molecular complexity index is 664. The number of aromatic nitrogens is 1. The third-order valence-electron chi connectivity index (χ3n) is 2.53. The van der Waals surface area contributed by atoms with Gasteiger partial charge in [-0.3, -0.25) is 14.1 Å². The number of carbonyl (C=O) groups excluding carboxylic acids is 1. The summed E-state index contributed by atoms with van der Waals surface area (Å²) in [5.41, 5.74) is 0.260. The summed E-state index contributed by atoms with van der Waals surface area (Å²) in [5.74, 6) is -0.700. The largest absolute Gasteiger partial charge is 0.388 e. The zero-order chi connectivity index (χ0) is 14.0. The highest BCUT2D eigenvalue weighted by molar-refractivity contribution is 7.88. The number of hydrogen-bond donors (Lipinski definition) is 1. The van der Waals surface area contributed by atoms with Crippen LogP contribution in [-0.2, 0) is 15.0 Å². The zero-order valence-corrected chi connectivity index (χ0v) is 10.8. The summed E-state index contributed by atoms with van der Waals surface area (Å²) in [6.45, 7) is -0.777. The second-order valence-corrected chi connectivity index (χ2v) is 5.37. The predicted octanol–water partition coefficient (Wildman–Crippen LogP) is -0.494. The molecule has 8 heteroatoms. The molecule has 1 aromatic heterocycles. The molecule has 0 aromatic carbocycles.